The monoisotopic (exact) mass is 525 g/mol. The Labute approximate surface area is 232 Å². The van der Waals surface area contributed by atoms with Gasteiger partial charge in [-0.25, -0.2) is 0 Å². The lowest BCUT2D eigenvalue weighted by atomic mass is 9.67. The minimum Gasteiger partial charge on any atom is -0.293 e. The third-order valence-corrected chi connectivity index (χ3v) is 7.21. The Morgan fingerprint density at radius 1 is 0.475 bits per heavy atom. The van der Waals surface area contributed by atoms with Crippen LogP contribution in [-0.4, -0.2) is 16.5 Å². The van der Waals surface area contributed by atoms with Gasteiger partial charge in [0, 0.05) is 29.2 Å². The quantitative estimate of drug-likeness (QED) is 0.105. The molecule has 0 radical (unpaired) electrons. The molecule has 0 aliphatic carbocycles. The van der Waals surface area contributed by atoms with Crippen LogP contribution >= 0.6 is 0 Å². The largest absolute Gasteiger partial charge is 0.293 e. The third kappa shape index (κ3) is 5.64. The van der Waals surface area contributed by atoms with Gasteiger partial charge in [0.2, 0.25) is 0 Å². The number of non-ortho nitro benzene ring substituents is 1. The summed E-state index contributed by atoms with van der Waals surface area (Å²) in [5.74, 6) is -2.41. The number of hydrogen-bond donors (Lipinski definition) is 0. The summed E-state index contributed by atoms with van der Waals surface area (Å²) in [6.45, 7) is 0. The van der Waals surface area contributed by atoms with Crippen molar-refractivity contribution in [3.8, 4) is 0 Å². The van der Waals surface area contributed by atoms with Crippen molar-refractivity contribution in [3.63, 3.8) is 0 Å². The average Bonchev–Trinajstić information content (AvgIpc) is 3.02. The SMILES string of the molecule is O=C(c1ccccc1)[C@H](c1ccccc1)C(c1ccc([N+](=O)[O-])cc1)[C@@H](C(=O)c1ccccc1)c1ccccc1. The number of nitro benzene ring substituents is 1. The molecule has 0 saturated carbocycles. The zero-order valence-corrected chi connectivity index (χ0v) is 21.7. The van der Waals surface area contributed by atoms with Crippen molar-refractivity contribution < 1.29 is 14.5 Å². The van der Waals surface area contributed by atoms with Crippen LogP contribution in [0.25, 0.3) is 0 Å². The van der Waals surface area contributed by atoms with Crippen molar-refractivity contribution in [3.05, 3.63) is 184 Å². The maximum Gasteiger partial charge on any atom is 0.269 e. The molecule has 0 aliphatic heterocycles. The molecule has 0 fully saturated rings. The van der Waals surface area contributed by atoms with E-state index in [0.29, 0.717) is 16.7 Å². The van der Waals surface area contributed by atoms with E-state index >= 15 is 0 Å². The summed E-state index contributed by atoms with van der Waals surface area (Å²) in [6.07, 6.45) is 0. The molecule has 5 nitrogen and oxygen atoms in total. The van der Waals surface area contributed by atoms with Gasteiger partial charge in [0.1, 0.15) is 0 Å². The van der Waals surface area contributed by atoms with Gasteiger partial charge in [-0.15, -0.1) is 0 Å². The van der Waals surface area contributed by atoms with Gasteiger partial charge in [0.15, 0.2) is 11.6 Å². The first-order valence-corrected chi connectivity index (χ1v) is 13.1. The highest BCUT2D eigenvalue weighted by molar-refractivity contribution is 6.05. The highest BCUT2D eigenvalue weighted by Gasteiger charge is 2.41. The molecule has 0 aliphatic rings. The lowest BCUT2D eigenvalue weighted by Crippen LogP contribution is -2.30. The van der Waals surface area contributed by atoms with E-state index in [1.165, 1.54) is 12.1 Å². The highest BCUT2D eigenvalue weighted by atomic mass is 16.6. The number of benzene rings is 5. The Balaban J connectivity index is 1.78. The second kappa shape index (κ2) is 12.1. The molecule has 3 atom stereocenters. The molecule has 5 aromatic carbocycles. The van der Waals surface area contributed by atoms with Crippen molar-refractivity contribution >= 4 is 17.3 Å². The minimum absolute atomic E-state index is 0.0567. The van der Waals surface area contributed by atoms with E-state index in [1.807, 2.05) is 97.1 Å². The smallest absolute Gasteiger partial charge is 0.269 e. The topological polar surface area (TPSA) is 77.3 Å². The number of nitrogens with zero attached hydrogens (tertiary/aromatic N) is 1. The lowest BCUT2D eigenvalue weighted by molar-refractivity contribution is -0.384. The molecule has 0 amide bonds. The Kier molecular flexibility index (Phi) is 8.02. The summed E-state index contributed by atoms with van der Waals surface area (Å²) in [5, 5.41) is 11.5. The van der Waals surface area contributed by atoms with Gasteiger partial charge >= 0.3 is 0 Å². The maximum absolute atomic E-state index is 14.4. The fourth-order valence-electron chi connectivity index (χ4n) is 5.32. The zero-order chi connectivity index (χ0) is 27.9. The number of ketones is 2. The summed E-state index contributed by atoms with van der Waals surface area (Å²) < 4.78 is 0. The van der Waals surface area contributed by atoms with E-state index in [4.69, 9.17) is 0 Å². The van der Waals surface area contributed by atoms with Crippen LogP contribution in [0.15, 0.2) is 146 Å². The molecule has 40 heavy (non-hydrogen) atoms. The first kappa shape index (κ1) is 26.4. The minimum atomic E-state index is -0.747. The van der Waals surface area contributed by atoms with Crippen molar-refractivity contribution in [2.24, 2.45) is 0 Å². The van der Waals surface area contributed by atoms with Gasteiger partial charge in [-0.3, -0.25) is 19.7 Å². The average molecular weight is 526 g/mol. The number of carbonyl (C=O) groups excluding carboxylic acids is 2. The molecule has 0 heterocycles. The molecule has 0 aromatic heterocycles. The summed E-state index contributed by atoms with van der Waals surface area (Å²) in [4.78, 5) is 39.8. The summed E-state index contributed by atoms with van der Waals surface area (Å²) in [7, 11) is 0. The van der Waals surface area contributed by atoms with Gasteiger partial charge in [0.25, 0.3) is 5.69 Å². The van der Waals surface area contributed by atoms with Crippen LogP contribution in [0.1, 0.15) is 55.2 Å². The van der Waals surface area contributed by atoms with E-state index < -0.39 is 22.7 Å². The van der Waals surface area contributed by atoms with Crippen LogP contribution in [-0.2, 0) is 0 Å². The molecule has 0 spiro atoms. The lowest BCUT2D eigenvalue weighted by Gasteiger charge is -2.34. The van der Waals surface area contributed by atoms with E-state index in [-0.39, 0.29) is 17.3 Å². The van der Waals surface area contributed by atoms with Crippen LogP contribution in [0.5, 0.6) is 0 Å². The summed E-state index contributed by atoms with van der Waals surface area (Å²) in [6, 6.07) is 43.2. The maximum atomic E-state index is 14.4. The van der Waals surface area contributed by atoms with Crippen LogP contribution in [0.2, 0.25) is 0 Å². The summed E-state index contributed by atoms with van der Waals surface area (Å²) >= 11 is 0. The second-order valence-corrected chi connectivity index (χ2v) is 9.61. The molecular weight excluding hydrogens is 498 g/mol. The number of Topliss-reactive ketones (excluding diaryl/α,β-unsaturated/α-hetero) is 2. The van der Waals surface area contributed by atoms with Gasteiger partial charge in [-0.2, -0.15) is 0 Å². The van der Waals surface area contributed by atoms with E-state index in [9.17, 15) is 19.7 Å². The van der Waals surface area contributed by atoms with E-state index in [0.717, 1.165) is 11.1 Å². The van der Waals surface area contributed by atoms with E-state index in [1.54, 1.807) is 36.4 Å². The molecule has 1 unspecified atom stereocenters. The predicted octanol–water partition coefficient (Wildman–Crippen LogP) is 8.01. The molecule has 0 N–H and O–H groups in total. The molecule has 0 saturated heterocycles. The molecular formula is C35H27NO4. The fourth-order valence-corrected chi connectivity index (χ4v) is 5.32. The van der Waals surface area contributed by atoms with Crippen molar-refractivity contribution in [1.82, 2.24) is 0 Å². The predicted molar refractivity (Wildman–Crippen MR) is 156 cm³/mol. The first-order chi connectivity index (χ1) is 19.5. The fraction of sp³-hybridized carbons (Fsp3) is 0.0857. The second-order valence-electron chi connectivity index (χ2n) is 9.61. The Morgan fingerprint density at radius 3 is 1.18 bits per heavy atom. The standard InChI is InChI=1S/C35H27NO4/c37-34(28-17-9-3-10-18-28)32(25-13-5-1-6-14-25)31(27-21-23-30(24-22-27)36(39)40)33(26-15-7-2-8-16-26)35(38)29-19-11-4-12-20-29/h1-24,31-33H/t31?,32-,33+. The van der Waals surface area contributed by atoms with Gasteiger partial charge in [-0.05, 0) is 16.7 Å². The zero-order valence-electron chi connectivity index (χ0n) is 21.7. The normalized spacial score (nSPS) is 13.1. The van der Waals surface area contributed by atoms with Crippen molar-refractivity contribution in [1.29, 1.82) is 0 Å². The first-order valence-electron chi connectivity index (χ1n) is 13.1. The van der Waals surface area contributed by atoms with Crippen LogP contribution < -0.4 is 0 Å². The molecule has 5 aromatic rings. The molecule has 5 heteroatoms. The van der Waals surface area contributed by atoms with E-state index in [2.05, 4.69) is 0 Å². The van der Waals surface area contributed by atoms with Crippen LogP contribution in [0, 0.1) is 10.1 Å². The molecule has 0 bridgehead atoms. The molecule has 5 rings (SSSR count). The number of hydrogen-bond acceptors (Lipinski definition) is 4. The van der Waals surface area contributed by atoms with Gasteiger partial charge in [0.05, 0.1) is 16.8 Å². The molecule has 196 valence electrons. The van der Waals surface area contributed by atoms with Gasteiger partial charge < -0.3 is 0 Å². The Bertz CT molecular complexity index is 1490. The highest BCUT2D eigenvalue weighted by Crippen LogP contribution is 2.47. The summed E-state index contributed by atoms with van der Waals surface area (Å²) in [5.41, 5.74) is 3.20. The van der Waals surface area contributed by atoms with Crippen LogP contribution in [0.4, 0.5) is 5.69 Å². The van der Waals surface area contributed by atoms with Gasteiger partial charge in [-0.1, -0.05) is 133 Å². The number of rotatable bonds is 10. The van der Waals surface area contributed by atoms with Crippen molar-refractivity contribution in [2.45, 2.75) is 17.8 Å². The number of carbonyl (C=O) groups is 2. The van der Waals surface area contributed by atoms with Crippen LogP contribution in [0.3, 0.4) is 0 Å². The van der Waals surface area contributed by atoms with Crippen molar-refractivity contribution in [2.75, 3.05) is 0 Å². The third-order valence-electron chi connectivity index (χ3n) is 7.21. The Morgan fingerprint density at radius 2 is 0.825 bits per heavy atom. The Hall–Kier alpha value is -5.16. The number of nitro groups is 1.